The fourth-order valence-corrected chi connectivity index (χ4v) is 3.74. The first kappa shape index (κ1) is 16.8. The van der Waals surface area contributed by atoms with Crippen molar-refractivity contribution in [2.24, 2.45) is 11.8 Å². The van der Waals surface area contributed by atoms with E-state index in [4.69, 9.17) is 0 Å². The van der Waals surface area contributed by atoms with Crippen LogP contribution in [0.25, 0.3) is 0 Å². The summed E-state index contributed by atoms with van der Waals surface area (Å²) in [6, 6.07) is 7.96. The van der Waals surface area contributed by atoms with Gasteiger partial charge in [0.15, 0.2) is 0 Å². The minimum Gasteiger partial charge on any atom is -0.368 e. The molecule has 2 nitrogen and oxygen atoms in total. The second-order valence-corrected chi connectivity index (χ2v) is 7.88. The molecule has 0 aromatic heterocycles. The number of piperidine rings is 1. The smallest absolute Gasteiger partial charge is 0.0380 e. The first-order valence-corrected chi connectivity index (χ1v) is 8.96. The molecule has 0 bridgehead atoms. The standard InChI is InChI=1S/C18H29BrN2/c1-12(2)20-10-16-6-7-17(9-18(16)19)21-11-13(3)8-14(4)15(21)5/h6-7,9,12-15,20H,8,10-11H2,1-5H3. The van der Waals surface area contributed by atoms with Crippen LogP contribution in [-0.4, -0.2) is 18.6 Å². The SMILES string of the molecule is CC1CC(C)C(C)N(c2ccc(CNC(C)C)c(Br)c2)C1. The molecule has 2 rings (SSSR count). The average molecular weight is 353 g/mol. The monoisotopic (exact) mass is 352 g/mol. The highest BCUT2D eigenvalue weighted by atomic mass is 79.9. The second-order valence-electron chi connectivity index (χ2n) is 7.02. The van der Waals surface area contributed by atoms with Gasteiger partial charge in [0.2, 0.25) is 0 Å². The maximum Gasteiger partial charge on any atom is 0.0380 e. The van der Waals surface area contributed by atoms with Crippen molar-refractivity contribution < 1.29 is 0 Å². The molecule has 1 aromatic rings. The molecule has 21 heavy (non-hydrogen) atoms. The van der Waals surface area contributed by atoms with Crippen LogP contribution < -0.4 is 10.2 Å². The molecule has 1 aliphatic heterocycles. The topological polar surface area (TPSA) is 15.3 Å². The van der Waals surface area contributed by atoms with E-state index < -0.39 is 0 Å². The van der Waals surface area contributed by atoms with Crippen molar-refractivity contribution in [1.82, 2.24) is 5.32 Å². The molecule has 1 N–H and O–H groups in total. The van der Waals surface area contributed by atoms with Gasteiger partial charge in [0.1, 0.15) is 0 Å². The average Bonchev–Trinajstić information content (AvgIpc) is 2.41. The molecule has 3 heteroatoms. The molecular formula is C18H29BrN2. The number of hydrogen-bond donors (Lipinski definition) is 1. The Morgan fingerprint density at radius 2 is 2.00 bits per heavy atom. The Bertz CT molecular complexity index is 472. The van der Waals surface area contributed by atoms with E-state index in [0.717, 1.165) is 18.4 Å². The van der Waals surface area contributed by atoms with E-state index in [9.17, 15) is 0 Å². The van der Waals surface area contributed by atoms with Gasteiger partial charge in [-0.2, -0.15) is 0 Å². The van der Waals surface area contributed by atoms with Crippen molar-refractivity contribution in [2.45, 2.75) is 59.7 Å². The highest BCUT2D eigenvalue weighted by Crippen LogP contribution is 2.33. The van der Waals surface area contributed by atoms with Crippen LogP contribution in [0.15, 0.2) is 22.7 Å². The Hall–Kier alpha value is -0.540. The zero-order valence-corrected chi connectivity index (χ0v) is 15.6. The van der Waals surface area contributed by atoms with Crippen LogP contribution >= 0.6 is 15.9 Å². The lowest BCUT2D eigenvalue weighted by molar-refractivity contribution is 0.297. The molecule has 0 radical (unpaired) electrons. The zero-order chi connectivity index (χ0) is 15.6. The number of halogens is 1. The van der Waals surface area contributed by atoms with E-state index in [1.165, 1.54) is 28.7 Å². The van der Waals surface area contributed by atoms with Gasteiger partial charge in [0, 0.05) is 35.3 Å². The van der Waals surface area contributed by atoms with E-state index >= 15 is 0 Å². The first-order chi connectivity index (χ1) is 9.88. The number of hydrogen-bond acceptors (Lipinski definition) is 2. The van der Waals surface area contributed by atoms with Crippen molar-refractivity contribution in [2.75, 3.05) is 11.4 Å². The van der Waals surface area contributed by atoms with Crippen LogP contribution in [0.3, 0.4) is 0 Å². The van der Waals surface area contributed by atoms with E-state index in [2.05, 4.69) is 79.0 Å². The van der Waals surface area contributed by atoms with Crippen LogP contribution in [0.5, 0.6) is 0 Å². The Morgan fingerprint density at radius 3 is 2.62 bits per heavy atom. The van der Waals surface area contributed by atoms with Gasteiger partial charge in [-0.25, -0.2) is 0 Å². The first-order valence-electron chi connectivity index (χ1n) is 8.17. The molecule has 1 heterocycles. The Morgan fingerprint density at radius 1 is 1.29 bits per heavy atom. The van der Waals surface area contributed by atoms with E-state index in [-0.39, 0.29) is 0 Å². The lowest BCUT2D eigenvalue weighted by atomic mass is 9.85. The summed E-state index contributed by atoms with van der Waals surface area (Å²) in [6.07, 6.45) is 1.34. The van der Waals surface area contributed by atoms with Gasteiger partial charge in [-0.05, 0) is 42.9 Å². The van der Waals surface area contributed by atoms with Crippen molar-refractivity contribution in [3.63, 3.8) is 0 Å². The minimum absolute atomic E-state index is 0.514. The Labute approximate surface area is 138 Å². The predicted octanol–water partition coefficient (Wildman–Crippen LogP) is 4.82. The summed E-state index contributed by atoms with van der Waals surface area (Å²) in [5.74, 6) is 1.53. The molecule has 118 valence electrons. The third kappa shape index (κ3) is 4.23. The lowest BCUT2D eigenvalue weighted by Gasteiger charge is -2.42. The van der Waals surface area contributed by atoms with Gasteiger partial charge in [0.25, 0.3) is 0 Å². The number of anilines is 1. The van der Waals surface area contributed by atoms with Gasteiger partial charge >= 0.3 is 0 Å². The van der Waals surface area contributed by atoms with Crippen molar-refractivity contribution >= 4 is 21.6 Å². The summed E-state index contributed by atoms with van der Waals surface area (Å²) in [6.45, 7) is 13.6. The van der Waals surface area contributed by atoms with Gasteiger partial charge in [-0.1, -0.05) is 49.7 Å². The normalized spacial score (nSPS) is 26.4. The largest absolute Gasteiger partial charge is 0.368 e. The number of benzene rings is 1. The molecule has 0 spiro atoms. The predicted molar refractivity (Wildman–Crippen MR) is 95.9 cm³/mol. The Balaban J connectivity index is 2.15. The molecular weight excluding hydrogens is 324 g/mol. The highest BCUT2D eigenvalue weighted by molar-refractivity contribution is 9.10. The molecule has 1 saturated heterocycles. The fourth-order valence-electron chi connectivity index (χ4n) is 3.23. The third-order valence-electron chi connectivity index (χ3n) is 4.67. The molecule has 3 unspecified atom stereocenters. The molecule has 0 aliphatic carbocycles. The molecule has 0 saturated carbocycles. The van der Waals surface area contributed by atoms with Gasteiger partial charge in [0.05, 0.1) is 0 Å². The Kier molecular flexibility index (Phi) is 5.73. The maximum absolute atomic E-state index is 3.75. The van der Waals surface area contributed by atoms with E-state index in [0.29, 0.717) is 12.1 Å². The molecule has 1 aromatic carbocycles. The van der Waals surface area contributed by atoms with Crippen molar-refractivity contribution in [1.29, 1.82) is 0 Å². The zero-order valence-electron chi connectivity index (χ0n) is 14.0. The van der Waals surface area contributed by atoms with Gasteiger partial charge in [-0.3, -0.25) is 0 Å². The van der Waals surface area contributed by atoms with Crippen LogP contribution in [0.1, 0.15) is 46.6 Å². The summed E-state index contributed by atoms with van der Waals surface area (Å²) >= 11 is 3.75. The van der Waals surface area contributed by atoms with E-state index in [1.54, 1.807) is 0 Å². The van der Waals surface area contributed by atoms with Crippen LogP contribution in [-0.2, 0) is 6.54 Å². The second kappa shape index (κ2) is 7.15. The van der Waals surface area contributed by atoms with Gasteiger partial charge < -0.3 is 10.2 Å². The van der Waals surface area contributed by atoms with Crippen LogP contribution in [0.4, 0.5) is 5.69 Å². The molecule has 1 fully saturated rings. The van der Waals surface area contributed by atoms with Gasteiger partial charge in [-0.15, -0.1) is 0 Å². The summed E-state index contributed by atoms with van der Waals surface area (Å²) in [4.78, 5) is 2.57. The molecule has 1 aliphatic rings. The highest BCUT2D eigenvalue weighted by Gasteiger charge is 2.29. The molecule has 3 atom stereocenters. The summed E-state index contributed by atoms with van der Waals surface area (Å²) in [7, 11) is 0. The quantitative estimate of drug-likeness (QED) is 0.835. The minimum atomic E-state index is 0.514. The third-order valence-corrected chi connectivity index (χ3v) is 5.40. The van der Waals surface area contributed by atoms with Crippen molar-refractivity contribution in [3.05, 3.63) is 28.2 Å². The number of rotatable bonds is 4. The maximum atomic E-state index is 3.75. The lowest BCUT2D eigenvalue weighted by Crippen LogP contribution is -2.45. The summed E-state index contributed by atoms with van der Waals surface area (Å²) in [5.41, 5.74) is 2.68. The summed E-state index contributed by atoms with van der Waals surface area (Å²) < 4.78 is 1.21. The molecule has 0 amide bonds. The fraction of sp³-hybridized carbons (Fsp3) is 0.667. The van der Waals surface area contributed by atoms with E-state index in [1.807, 2.05) is 0 Å². The number of nitrogens with one attached hydrogen (secondary N) is 1. The van der Waals surface area contributed by atoms with Crippen molar-refractivity contribution in [3.8, 4) is 0 Å². The number of nitrogens with zero attached hydrogens (tertiary/aromatic N) is 1. The van der Waals surface area contributed by atoms with Crippen LogP contribution in [0.2, 0.25) is 0 Å². The van der Waals surface area contributed by atoms with Crippen LogP contribution in [0, 0.1) is 11.8 Å². The summed E-state index contributed by atoms with van der Waals surface area (Å²) in [5, 5.41) is 3.48.